The number of fused-ring (bicyclic) bond motifs is 1. The Balaban J connectivity index is 1.20. The van der Waals surface area contributed by atoms with Crippen LogP contribution in [-0.2, 0) is 24.6 Å². The first-order valence-electron chi connectivity index (χ1n) is 12.3. The van der Waals surface area contributed by atoms with E-state index in [9.17, 15) is 22.8 Å². The van der Waals surface area contributed by atoms with Crippen LogP contribution in [0.5, 0.6) is 0 Å². The van der Waals surface area contributed by atoms with Crippen LogP contribution in [0.25, 0.3) is 11.0 Å². The molecule has 0 N–H and O–H groups in total. The maximum Gasteiger partial charge on any atom is 0.416 e. The fraction of sp³-hybridized carbons (Fsp3) is 0.520. The maximum absolute atomic E-state index is 13.3. The summed E-state index contributed by atoms with van der Waals surface area (Å²) in [6.07, 6.45) is 1.91. The zero-order valence-electron chi connectivity index (χ0n) is 20.1. The lowest BCUT2D eigenvalue weighted by molar-refractivity contribution is -0.138. The molecule has 8 nitrogen and oxygen atoms in total. The van der Waals surface area contributed by atoms with Crippen LogP contribution >= 0.6 is 0 Å². The quantitative estimate of drug-likeness (QED) is 0.547. The Bertz CT molecular complexity index is 1290. The van der Waals surface area contributed by atoms with Crippen molar-refractivity contribution in [1.29, 1.82) is 0 Å². The Hall–Kier alpha value is -3.37. The SMILES string of the molecule is Cn1c(=O)n(CC2CCC(C(=O)N3CCN(c4ncccn4)CC3)CC2)c2cc(C(F)(F)F)ccc21. The van der Waals surface area contributed by atoms with E-state index in [1.165, 1.54) is 15.2 Å². The normalized spacial score (nSPS) is 21.2. The molecule has 0 atom stereocenters. The van der Waals surface area contributed by atoms with Crippen LogP contribution in [0.15, 0.2) is 41.5 Å². The number of alkyl halides is 3. The molecule has 36 heavy (non-hydrogen) atoms. The molecule has 1 saturated carbocycles. The van der Waals surface area contributed by atoms with E-state index in [0.717, 1.165) is 37.8 Å². The Morgan fingerprint density at radius 1 is 1.00 bits per heavy atom. The van der Waals surface area contributed by atoms with Crippen molar-refractivity contribution in [1.82, 2.24) is 24.0 Å². The van der Waals surface area contributed by atoms with Crippen LogP contribution < -0.4 is 10.6 Å². The van der Waals surface area contributed by atoms with Crippen molar-refractivity contribution >= 4 is 22.9 Å². The molecule has 3 aromatic rings. The lowest BCUT2D eigenvalue weighted by Crippen LogP contribution is -2.51. The molecule has 1 aliphatic heterocycles. The first-order valence-corrected chi connectivity index (χ1v) is 12.3. The number of carbonyl (C=O) groups is 1. The monoisotopic (exact) mass is 502 g/mol. The Morgan fingerprint density at radius 2 is 1.67 bits per heavy atom. The van der Waals surface area contributed by atoms with Crippen molar-refractivity contribution < 1.29 is 18.0 Å². The smallest absolute Gasteiger partial charge is 0.339 e. The first-order chi connectivity index (χ1) is 17.2. The molecule has 1 aliphatic carbocycles. The van der Waals surface area contributed by atoms with Gasteiger partial charge >= 0.3 is 11.9 Å². The van der Waals surface area contributed by atoms with Crippen molar-refractivity contribution in [3.63, 3.8) is 0 Å². The van der Waals surface area contributed by atoms with Gasteiger partial charge in [-0.3, -0.25) is 13.9 Å². The van der Waals surface area contributed by atoms with E-state index in [2.05, 4.69) is 14.9 Å². The Labute approximate surface area is 206 Å². The number of imidazole rings is 1. The third-order valence-corrected chi connectivity index (χ3v) is 7.54. The number of aromatic nitrogens is 4. The van der Waals surface area contributed by atoms with Crippen molar-refractivity contribution in [2.24, 2.45) is 18.9 Å². The Kier molecular flexibility index (Phi) is 6.48. The largest absolute Gasteiger partial charge is 0.416 e. The topological polar surface area (TPSA) is 76.3 Å². The number of nitrogens with zero attached hydrogens (tertiary/aromatic N) is 6. The highest BCUT2D eigenvalue weighted by molar-refractivity contribution is 5.79. The number of aryl methyl sites for hydroxylation is 1. The summed E-state index contributed by atoms with van der Waals surface area (Å²) in [5, 5.41) is 0. The van der Waals surface area contributed by atoms with E-state index in [0.29, 0.717) is 49.7 Å². The molecule has 3 heterocycles. The number of anilines is 1. The van der Waals surface area contributed by atoms with Crippen LogP contribution in [0.1, 0.15) is 31.2 Å². The number of benzene rings is 1. The molecule has 0 unspecified atom stereocenters. The van der Waals surface area contributed by atoms with Gasteiger partial charge in [-0.05, 0) is 55.9 Å². The predicted octanol–water partition coefficient (Wildman–Crippen LogP) is 3.30. The minimum atomic E-state index is -4.47. The standard InChI is InChI=1S/C25H29F3N6O2/c1-31-20-8-7-19(25(26,27)28)15-21(20)34(24(31)36)16-17-3-5-18(6-4-17)22(35)32-11-13-33(14-12-32)23-29-9-2-10-30-23/h2,7-10,15,17-18H,3-6,11-14,16H2,1H3. The third-order valence-electron chi connectivity index (χ3n) is 7.54. The van der Waals surface area contributed by atoms with Gasteiger partial charge in [0.05, 0.1) is 16.6 Å². The molecule has 2 aromatic heterocycles. The third kappa shape index (κ3) is 4.70. The van der Waals surface area contributed by atoms with Crippen LogP contribution in [0.4, 0.5) is 19.1 Å². The number of halogens is 3. The molecule has 5 rings (SSSR count). The lowest BCUT2D eigenvalue weighted by Gasteiger charge is -2.37. The van der Waals surface area contributed by atoms with Crippen LogP contribution in [0, 0.1) is 11.8 Å². The van der Waals surface area contributed by atoms with Gasteiger partial charge in [-0.2, -0.15) is 13.2 Å². The summed E-state index contributed by atoms with van der Waals surface area (Å²) >= 11 is 0. The summed E-state index contributed by atoms with van der Waals surface area (Å²) in [5.41, 5.74) is -0.293. The van der Waals surface area contributed by atoms with Crippen LogP contribution in [0.2, 0.25) is 0 Å². The zero-order chi connectivity index (χ0) is 25.4. The molecule has 11 heteroatoms. The summed E-state index contributed by atoms with van der Waals surface area (Å²) in [5.74, 6) is 0.927. The number of amides is 1. The van der Waals surface area contributed by atoms with Gasteiger partial charge < -0.3 is 9.80 Å². The minimum Gasteiger partial charge on any atom is -0.339 e. The number of hydrogen-bond acceptors (Lipinski definition) is 5. The molecule has 1 amide bonds. The molecule has 0 spiro atoms. The van der Waals surface area contributed by atoms with E-state index in [-0.39, 0.29) is 23.4 Å². The van der Waals surface area contributed by atoms with E-state index in [4.69, 9.17) is 0 Å². The van der Waals surface area contributed by atoms with Crippen molar-refractivity contribution in [2.75, 3.05) is 31.1 Å². The zero-order valence-corrected chi connectivity index (χ0v) is 20.1. The molecule has 0 bridgehead atoms. The molecule has 192 valence electrons. The summed E-state index contributed by atoms with van der Waals surface area (Å²) in [7, 11) is 1.58. The summed E-state index contributed by atoms with van der Waals surface area (Å²) in [6, 6.07) is 5.20. The molecule has 1 saturated heterocycles. The Morgan fingerprint density at radius 3 is 2.31 bits per heavy atom. The van der Waals surface area contributed by atoms with E-state index >= 15 is 0 Å². The number of hydrogen-bond donors (Lipinski definition) is 0. The molecule has 2 aliphatic rings. The van der Waals surface area contributed by atoms with E-state index < -0.39 is 11.7 Å². The molecular weight excluding hydrogens is 473 g/mol. The molecule has 1 aromatic carbocycles. The second kappa shape index (κ2) is 9.59. The fourth-order valence-electron chi connectivity index (χ4n) is 5.45. The van der Waals surface area contributed by atoms with Gasteiger partial charge in [-0.1, -0.05) is 0 Å². The van der Waals surface area contributed by atoms with Gasteiger partial charge in [0.15, 0.2) is 0 Å². The van der Waals surface area contributed by atoms with E-state index in [1.54, 1.807) is 25.5 Å². The second-order valence-corrected chi connectivity index (χ2v) is 9.73. The second-order valence-electron chi connectivity index (χ2n) is 9.73. The fourth-order valence-corrected chi connectivity index (χ4v) is 5.45. The van der Waals surface area contributed by atoms with Gasteiger partial charge in [0, 0.05) is 58.1 Å². The summed E-state index contributed by atoms with van der Waals surface area (Å²) in [4.78, 5) is 38.5. The highest BCUT2D eigenvalue weighted by Gasteiger charge is 2.33. The highest BCUT2D eigenvalue weighted by Crippen LogP contribution is 2.34. The average molecular weight is 503 g/mol. The minimum absolute atomic E-state index is 0.0538. The van der Waals surface area contributed by atoms with Gasteiger partial charge in [-0.25, -0.2) is 14.8 Å². The van der Waals surface area contributed by atoms with Crippen molar-refractivity contribution in [3.05, 3.63) is 52.7 Å². The van der Waals surface area contributed by atoms with Crippen LogP contribution in [-0.4, -0.2) is 56.1 Å². The predicted molar refractivity (Wildman–Crippen MR) is 128 cm³/mol. The number of rotatable bonds is 4. The van der Waals surface area contributed by atoms with Crippen LogP contribution in [0.3, 0.4) is 0 Å². The lowest BCUT2D eigenvalue weighted by atomic mass is 9.81. The van der Waals surface area contributed by atoms with Crippen molar-refractivity contribution in [2.45, 2.75) is 38.4 Å². The van der Waals surface area contributed by atoms with Gasteiger partial charge in [-0.15, -0.1) is 0 Å². The molecule has 0 radical (unpaired) electrons. The maximum atomic E-state index is 13.3. The molecular formula is C25H29F3N6O2. The van der Waals surface area contributed by atoms with Gasteiger partial charge in [0.25, 0.3) is 0 Å². The van der Waals surface area contributed by atoms with Gasteiger partial charge in [0.2, 0.25) is 11.9 Å². The first kappa shape index (κ1) is 24.3. The summed E-state index contributed by atoms with van der Waals surface area (Å²) in [6.45, 7) is 2.99. The number of piperazine rings is 1. The average Bonchev–Trinajstić information content (AvgIpc) is 3.13. The van der Waals surface area contributed by atoms with E-state index in [1.807, 2.05) is 4.90 Å². The summed E-state index contributed by atoms with van der Waals surface area (Å²) < 4.78 is 42.6. The molecule has 2 fully saturated rings. The number of carbonyl (C=O) groups excluding carboxylic acids is 1. The van der Waals surface area contributed by atoms with Crippen molar-refractivity contribution in [3.8, 4) is 0 Å². The highest BCUT2D eigenvalue weighted by atomic mass is 19.4. The van der Waals surface area contributed by atoms with Gasteiger partial charge in [0.1, 0.15) is 0 Å².